The van der Waals surface area contributed by atoms with Crippen molar-refractivity contribution >= 4 is 55.6 Å². The van der Waals surface area contributed by atoms with Gasteiger partial charge < -0.3 is 10.1 Å². The first-order chi connectivity index (χ1) is 12.5. The predicted octanol–water partition coefficient (Wildman–Crippen LogP) is 3.49. The molecule has 0 bridgehead atoms. The Morgan fingerprint density at radius 3 is 2.88 bits per heavy atom. The van der Waals surface area contributed by atoms with Gasteiger partial charge in [0.2, 0.25) is 10.1 Å². The maximum Gasteiger partial charge on any atom is 0.337 e. The van der Waals surface area contributed by atoms with Crippen molar-refractivity contribution in [1.29, 1.82) is 0 Å². The molecule has 0 atom stereocenters. The predicted molar refractivity (Wildman–Crippen MR) is 101 cm³/mol. The summed E-state index contributed by atoms with van der Waals surface area (Å²) in [6, 6.07) is 11.8. The highest BCUT2D eigenvalue weighted by Crippen LogP contribution is 2.24. The van der Waals surface area contributed by atoms with Crippen LogP contribution in [0.4, 0.5) is 10.8 Å². The first-order valence-corrected chi connectivity index (χ1v) is 8.69. The molecule has 2 heterocycles. The lowest BCUT2D eigenvalue weighted by Gasteiger charge is -2.01. The number of ether oxygens (including phenoxy) is 1. The largest absolute Gasteiger partial charge is 0.465 e. The minimum absolute atomic E-state index is 0.309. The summed E-state index contributed by atoms with van der Waals surface area (Å²) in [5, 5.41) is 8.84. The SMILES string of the molecule is COC(=O)c1ccc2c(=O)n3nc(Nc4cccc(Cl)c4)sc3nc2c1. The standard InChI is InChI=1S/C17H11ClN4O3S/c1-25-15(24)9-5-6-12-13(7-9)20-17-22(14(12)23)21-16(26-17)19-11-4-2-3-10(18)8-11/h2-8H,1H3,(H,19,21). The van der Waals surface area contributed by atoms with Crippen LogP contribution in [0.3, 0.4) is 0 Å². The second kappa shape index (κ2) is 6.40. The molecule has 0 aliphatic rings. The molecule has 4 rings (SSSR count). The minimum Gasteiger partial charge on any atom is -0.465 e. The summed E-state index contributed by atoms with van der Waals surface area (Å²) < 4.78 is 5.94. The minimum atomic E-state index is -0.485. The van der Waals surface area contributed by atoms with Crippen molar-refractivity contribution in [3.63, 3.8) is 0 Å². The average Bonchev–Trinajstić information content (AvgIpc) is 3.03. The van der Waals surface area contributed by atoms with Crippen LogP contribution in [-0.2, 0) is 4.74 Å². The Hall–Kier alpha value is -2.97. The summed E-state index contributed by atoms with van der Waals surface area (Å²) >= 11 is 7.19. The van der Waals surface area contributed by atoms with Crippen LogP contribution in [0.5, 0.6) is 0 Å². The second-order valence-corrected chi connectivity index (χ2v) is 6.77. The van der Waals surface area contributed by atoms with Crippen LogP contribution in [0.2, 0.25) is 5.02 Å². The number of nitrogens with zero attached hydrogens (tertiary/aromatic N) is 3. The highest BCUT2D eigenvalue weighted by Gasteiger charge is 2.13. The number of benzene rings is 2. The summed E-state index contributed by atoms with van der Waals surface area (Å²) in [4.78, 5) is 29.2. The third kappa shape index (κ3) is 2.89. The number of carbonyl (C=O) groups excluding carboxylic acids is 1. The van der Waals surface area contributed by atoms with Crippen LogP contribution >= 0.6 is 22.9 Å². The van der Waals surface area contributed by atoms with Gasteiger partial charge >= 0.3 is 5.97 Å². The molecule has 0 amide bonds. The van der Waals surface area contributed by atoms with E-state index in [0.717, 1.165) is 5.69 Å². The number of nitrogens with one attached hydrogen (secondary N) is 1. The maximum absolute atomic E-state index is 12.7. The van der Waals surface area contributed by atoms with Crippen LogP contribution in [0, 0.1) is 0 Å². The lowest BCUT2D eigenvalue weighted by molar-refractivity contribution is 0.0601. The fourth-order valence-corrected chi connectivity index (χ4v) is 3.50. The summed E-state index contributed by atoms with van der Waals surface area (Å²) in [5.41, 5.74) is 1.19. The van der Waals surface area contributed by atoms with E-state index >= 15 is 0 Å². The average molecular weight is 387 g/mol. The molecule has 130 valence electrons. The zero-order valence-electron chi connectivity index (χ0n) is 13.4. The van der Waals surface area contributed by atoms with Gasteiger partial charge in [-0.15, -0.1) is 5.10 Å². The van der Waals surface area contributed by atoms with Gasteiger partial charge in [-0.3, -0.25) is 4.79 Å². The third-order valence-electron chi connectivity index (χ3n) is 3.69. The van der Waals surface area contributed by atoms with Gasteiger partial charge in [0.25, 0.3) is 5.56 Å². The lowest BCUT2D eigenvalue weighted by Crippen LogP contribution is -2.15. The van der Waals surface area contributed by atoms with Crippen molar-refractivity contribution in [1.82, 2.24) is 14.6 Å². The summed E-state index contributed by atoms with van der Waals surface area (Å²) in [5.74, 6) is -0.485. The number of hydrogen-bond donors (Lipinski definition) is 1. The Bertz CT molecular complexity index is 1220. The molecule has 26 heavy (non-hydrogen) atoms. The van der Waals surface area contributed by atoms with Crippen LogP contribution < -0.4 is 10.9 Å². The Balaban J connectivity index is 1.82. The number of fused-ring (bicyclic) bond motifs is 2. The van der Waals surface area contributed by atoms with Gasteiger partial charge in [-0.2, -0.15) is 4.52 Å². The molecule has 0 unspecified atom stereocenters. The van der Waals surface area contributed by atoms with E-state index < -0.39 is 5.97 Å². The molecule has 9 heteroatoms. The molecule has 0 fully saturated rings. The first-order valence-electron chi connectivity index (χ1n) is 7.50. The molecule has 0 aliphatic heterocycles. The first kappa shape index (κ1) is 16.5. The number of rotatable bonds is 3. The number of halogens is 1. The molecular weight excluding hydrogens is 376 g/mol. The van der Waals surface area contributed by atoms with Gasteiger partial charge in [-0.05, 0) is 36.4 Å². The Labute approximate surface area is 155 Å². The highest BCUT2D eigenvalue weighted by atomic mass is 35.5. The number of aromatic nitrogens is 3. The van der Waals surface area contributed by atoms with Crippen LogP contribution in [0.15, 0.2) is 47.3 Å². The molecule has 0 radical (unpaired) electrons. The number of esters is 1. The third-order valence-corrected chi connectivity index (χ3v) is 4.75. The van der Waals surface area contributed by atoms with Crippen LogP contribution in [-0.4, -0.2) is 27.7 Å². The topological polar surface area (TPSA) is 85.6 Å². The normalized spacial score (nSPS) is 11.0. The fraction of sp³-hybridized carbons (Fsp3) is 0.0588. The summed E-state index contributed by atoms with van der Waals surface area (Å²) in [7, 11) is 1.30. The van der Waals surface area contributed by atoms with Crippen molar-refractivity contribution in [3.8, 4) is 0 Å². The van der Waals surface area contributed by atoms with E-state index in [1.807, 2.05) is 12.1 Å². The molecular formula is C17H11ClN4O3S. The van der Waals surface area contributed by atoms with Crippen molar-refractivity contribution < 1.29 is 9.53 Å². The molecule has 0 spiro atoms. The number of carbonyl (C=O) groups is 1. The quantitative estimate of drug-likeness (QED) is 0.542. The monoisotopic (exact) mass is 386 g/mol. The van der Waals surface area contributed by atoms with Crippen molar-refractivity contribution in [2.24, 2.45) is 0 Å². The van der Waals surface area contributed by atoms with E-state index in [2.05, 4.69) is 15.4 Å². The van der Waals surface area contributed by atoms with E-state index in [4.69, 9.17) is 16.3 Å². The lowest BCUT2D eigenvalue weighted by atomic mass is 10.1. The molecule has 7 nitrogen and oxygen atoms in total. The van der Waals surface area contributed by atoms with E-state index in [1.165, 1.54) is 35.1 Å². The second-order valence-electron chi connectivity index (χ2n) is 5.38. The van der Waals surface area contributed by atoms with E-state index in [-0.39, 0.29) is 5.56 Å². The van der Waals surface area contributed by atoms with E-state index in [1.54, 1.807) is 18.2 Å². The summed E-state index contributed by atoms with van der Waals surface area (Å²) in [6.07, 6.45) is 0. The molecule has 1 N–H and O–H groups in total. The van der Waals surface area contributed by atoms with Gasteiger partial charge in [-0.1, -0.05) is 29.0 Å². The fourth-order valence-electron chi connectivity index (χ4n) is 2.49. The van der Waals surface area contributed by atoms with Crippen LogP contribution in [0.25, 0.3) is 15.9 Å². The van der Waals surface area contributed by atoms with Gasteiger partial charge in [0.1, 0.15) is 0 Å². The van der Waals surface area contributed by atoms with Gasteiger partial charge in [0, 0.05) is 10.7 Å². The van der Waals surface area contributed by atoms with Crippen molar-refractivity contribution in [2.75, 3.05) is 12.4 Å². The maximum atomic E-state index is 12.7. The zero-order valence-corrected chi connectivity index (χ0v) is 15.0. The van der Waals surface area contributed by atoms with Gasteiger partial charge in [0.15, 0.2) is 0 Å². The van der Waals surface area contributed by atoms with Crippen molar-refractivity contribution in [3.05, 3.63) is 63.4 Å². The summed E-state index contributed by atoms with van der Waals surface area (Å²) in [6.45, 7) is 0. The molecule has 2 aromatic carbocycles. The molecule has 4 aromatic rings. The highest BCUT2D eigenvalue weighted by molar-refractivity contribution is 7.20. The van der Waals surface area contributed by atoms with E-state index in [9.17, 15) is 9.59 Å². The molecule has 2 aromatic heterocycles. The molecule has 0 saturated heterocycles. The zero-order chi connectivity index (χ0) is 18.3. The number of methoxy groups -OCH3 is 1. The Kier molecular flexibility index (Phi) is 4.06. The molecule has 0 aliphatic carbocycles. The number of anilines is 2. The Morgan fingerprint density at radius 2 is 2.12 bits per heavy atom. The Morgan fingerprint density at radius 1 is 1.27 bits per heavy atom. The van der Waals surface area contributed by atoms with Gasteiger partial charge in [-0.25, -0.2) is 9.78 Å². The van der Waals surface area contributed by atoms with E-state index in [0.29, 0.717) is 31.6 Å². The number of hydrogen-bond acceptors (Lipinski definition) is 7. The van der Waals surface area contributed by atoms with Crippen LogP contribution in [0.1, 0.15) is 10.4 Å². The van der Waals surface area contributed by atoms with Gasteiger partial charge in [0.05, 0.1) is 23.6 Å². The smallest absolute Gasteiger partial charge is 0.337 e. The molecule has 0 saturated carbocycles. The van der Waals surface area contributed by atoms with Crippen molar-refractivity contribution in [2.45, 2.75) is 0 Å².